The van der Waals surface area contributed by atoms with Crippen LogP contribution in [0.4, 0.5) is 4.39 Å². The fraction of sp³-hybridized carbons (Fsp3) is 0.238. The largest absolute Gasteiger partial charge is 0.357 e. The number of hydrogen-bond acceptors (Lipinski definition) is 2. The van der Waals surface area contributed by atoms with Crippen LogP contribution >= 0.6 is 24.0 Å². The van der Waals surface area contributed by atoms with Gasteiger partial charge in [-0.15, -0.1) is 24.0 Å². The van der Waals surface area contributed by atoms with E-state index in [2.05, 4.69) is 44.9 Å². The fourth-order valence-corrected chi connectivity index (χ4v) is 2.72. The average Bonchev–Trinajstić information content (AvgIpc) is 3.18. The number of rotatable bonds is 7. The second-order valence-electron chi connectivity index (χ2n) is 6.23. The molecule has 2 N–H and O–H groups in total. The lowest BCUT2D eigenvalue weighted by Gasteiger charge is -2.12. The van der Waals surface area contributed by atoms with Crippen molar-refractivity contribution in [3.63, 3.8) is 0 Å². The lowest BCUT2D eigenvalue weighted by molar-refractivity contribution is 0.626. The van der Waals surface area contributed by atoms with Gasteiger partial charge in [0.15, 0.2) is 5.96 Å². The first kappa shape index (κ1) is 21.9. The quantitative estimate of drug-likeness (QED) is 0.298. The Morgan fingerprint density at radius 2 is 1.86 bits per heavy atom. The minimum Gasteiger partial charge on any atom is -0.357 e. The first-order valence-electron chi connectivity index (χ1n) is 9.03. The van der Waals surface area contributed by atoms with E-state index in [4.69, 9.17) is 0 Å². The van der Waals surface area contributed by atoms with Gasteiger partial charge < -0.3 is 15.2 Å². The Hall–Kier alpha value is -2.42. The van der Waals surface area contributed by atoms with E-state index in [1.54, 1.807) is 18.3 Å². The highest BCUT2D eigenvalue weighted by molar-refractivity contribution is 14.0. The molecule has 1 aromatic heterocycles. The van der Waals surface area contributed by atoms with Crippen molar-refractivity contribution in [2.24, 2.45) is 4.99 Å². The number of nitrogens with one attached hydrogen (secondary N) is 2. The molecule has 0 radical (unpaired) electrons. The Kier molecular flexibility index (Phi) is 8.93. The molecule has 0 aliphatic heterocycles. The smallest absolute Gasteiger partial charge is 0.191 e. The van der Waals surface area contributed by atoms with Gasteiger partial charge in [-0.2, -0.15) is 0 Å². The van der Waals surface area contributed by atoms with Crippen molar-refractivity contribution in [3.05, 3.63) is 89.8 Å². The summed E-state index contributed by atoms with van der Waals surface area (Å²) in [6.07, 6.45) is 5.55. The van der Waals surface area contributed by atoms with E-state index in [1.807, 2.05) is 24.0 Å². The van der Waals surface area contributed by atoms with Crippen molar-refractivity contribution >= 4 is 29.9 Å². The molecule has 148 valence electrons. The Balaban J connectivity index is 0.00000280. The maximum absolute atomic E-state index is 13.0. The van der Waals surface area contributed by atoms with Gasteiger partial charge in [0.2, 0.25) is 0 Å². The predicted octanol–water partition coefficient (Wildman–Crippen LogP) is 3.94. The van der Waals surface area contributed by atoms with Crippen LogP contribution < -0.4 is 10.6 Å². The zero-order valence-electron chi connectivity index (χ0n) is 15.8. The zero-order valence-corrected chi connectivity index (χ0v) is 18.1. The summed E-state index contributed by atoms with van der Waals surface area (Å²) in [4.78, 5) is 8.73. The fourth-order valence-electron chi connectivity index (χ4n) is 2.72. The molecule has 1 heterocycles. The molecule has 2 aromatic carbocycles. The van der Waals surface area contributed by atoms with Crippen molar-refractivity contribution in [2.45, 2.75) is 26.6 Å². The molecule has 0 aliphatic rings. The highest BCUT2D eigenvalue weighted by atomic mass is 127. The number of hydrogen-bond donors (Lipinski definition) is 2. The molecule has 0 saturated heterocycles. The van der Waals surface area contributed by atoms with Crippen molar-refractivity contribution in [3.8, 4) is 0 Å². The lowest BCUT2D eigenvalue weighted by Crippen LogP contribution is -2.36. The summed E-state index contributed by atoms with van der Waals surface area (Å²) in [6.45, 7) is 4.76. The Morgan fingerprint density at radius 1 is 1.07 bits per heavy atom. The maximum atomic E-state index is 13.0. The Morgan fingerprint density at radius 3 is 2.57 bits per heavy atom. The van der Waals surface area contributed by atoms with Crippen LogP contribution in [0.5, 0.6) is 0 Å². The first-order valence-corrected chi connectivity index (χ1v) is 9.03. The molecule has 0 atom stereocenters. The molecule has 0 spiro atoms. The molecular formula is C21H25FIN5. The third kappa shape index (κ3) is 6.95. The lowest BCUT2D eigenvalue weighted by atomic mass is 10.1. The van der Waals surface area contributed by atoms with Gasteiger partial charge in [-0.1, -0.05) is 36.4 Å². The van der Waals surface area contributed by atoms with E-state index in [0.29, 0.717) is 13.1 Å². The van der Waals surface area contributed by atoms with Crippen LogP contribution in [0.25, 0.3) is 0 Å². The Bertz CT molecular complexity index is 863. The molecule has 0 saturated carbocycles. The van der Waals surface area contributed by atoms with Crippen molar-refractivity contribution in [2.75, 3.05) is 6.54 Å². The zero-order chi connectivity index (χ0) is 18.9. The highest BCUT2D eigenvalue weighted by Gasteiger charge is 2.01. The first-order chi connectivity index (χ1) is 13.2. The number of aliphatic imine (C=N–C) groups is 1. The van der Waals surface area contributed by atoms with E-state index in [-0.39, 0.29) is 29.8 Å². The van der Waals surface area contributed by atoms with Gasteiger partial charge in [-0.05, 0) is 35.7 Å². The topological polar surface area (TPSA) is 54.2 Å². The highest BCUT2D eigenvalue weighted by Crippen LogP contribution is 2.09. The second kappa shape index (κ2) is 11.4. The Labute approximate surface area is 182 Å². The van der Waals surface area contributed by atoms with Gasteiger partial charge in [0.05, 0.1) is 12.9 Å². The van der Waals surface area contributed by atoms with Crippen molar-refractivity contribution in [1.82, 2.24) is 20.2 Å². The summed E-state index contributed by atoms with van der Waals surface area (Å²) in [6, 6.07) is 14.9. The predicted molar refractivity (Wildman–Crippen MR) is 121 cm³/mol. The summed E-state index contributed by atoms with van der Waals surface area (Å²) in [5.41, 5.74) is 3.36. The van der Waals surface area contributed by atoms with Gasteiger partial charge >= 0.3 is 0 Å². The van der Waals surface area contributed by atoms with Crippen LogP contribution in [0, 0.1) is 5.82 Å². The molecule has 7 heteroatoms. The molecule has 0 amide bonds. The van der Waals surface area contributed by atoms with E-state index in [0.717, 1.165) is 30.2 Å². The van der Waals surface area contributed by atoms with Gasteiger partial charge in [0, 0.05) is 32.0 Å². The van der Waals surface area contributed by atoms with E-state index in [9.17, 15) is 4.39 Å². The van der Waals surface area contributed by atoms with Gasteiger partial charge in [-0.3, -0.25) is 0 Å². The summed E-state index contributed by atoms with van der Waals surface area (Å²) in [5.74, 6) is 0.511. The van der Waals surface area contributed by atoms with Crippen LogP contribution in [-0.4, -0.2) is 22.1 Å². The summed E-state index contributed by atoms with van der Waals surface area (Å²) in [7, 11) is 0. The van der Waals surface area contributed by atoms with E-state index >= 15 is 0 Å². The molecule has 0 aliphatic carbocycles. The number of aromatic nitrogens is 2. The number of nitrogens with zero attached hydrogens (tertiary/aromatic N) is 3. The molecule has 3 aromatic rings. The number of imidazole rings is 1. The third-order valence-corrected chi connectivity index (χ3v) is 4.05. The summed E-state index contributed by atoms with van der Waals surface area (Å²) < 4.78 is 15.0. The molecule has 0 unspecified atom stereocenters. The standard InChI is InChI=1S/C21H24FN5.HI/c1-2-24-21(25-13-17-6-8-20(22)9-7-17)26-14-18-4-3-5-19(12-18)15-27-11-10-23-16-27;/h3-12,16H,2,13-15H2,1H3,(H2,24,25,26);1H. The van der Waals surface area contributed by atoms with Gasteiger partial charge in [-0.25, -0.2) is 14.4 Å². The number of guanidine groups is 1. The molecule has 3 rings (SSSR count). The van der Waals surface area contributed by atoms with Crippen LogP contribution in [-0.2, 0) is 19.6 Å². The van der Waals surface area contributed by atoms with Crippen LogP contribution in [0.15, 0.2) is 72.2 Å². The molecule has 28 heavy (non-hydrogen) atoms. The minimum absolute atomic E-state index is 0. The van der Waals surface area contributed by atoms with Crippen LogP contribution in [0.1, 0.15) is 23.6 Å². The van der Waals surface area contributed by atoms with Crippen molar-refractivity contribution < 1.29 is 4.39 Å². The summed E-state index contributed by atoms with van der Waals surface area (Å²) >= 11 is 0. The molecule has 5 nitrogen and oxygen atoms in total. The summed E-state index contributed by atoms with van der Waals surface area (Å²) in [5, 5.41) is 6.52. The van der Waals surface area contributed by atoms with E-state index in [1.165, 1.54) is 17.7 Å². The van der Waals surface area contributed by atoms with Gasteiger partial charge in [0.1, 0.15) is 5.82 Å². The minimum atomic E-state index is -0.227. The van der Waals surface area contributed by atoms with E-state index < -0.39 is 0 Å². The van der Waals surface area contributed by atoms with Crippen LogP contribution in [0.2, 0.25) is 0 Å². The van der Waals surface area contributed by atoms with Crippen molar-refractivity contribution in [1.29, 1.82) is 0 Å². The normalized spacial score (nSPS) is 11.0. The van der Waals surface area contributed by atoms with Crippen LogP contribution in [0.3, 0.4) is 0 Å². The molecular weight excluding hydrogens is 468 g/mol. The third-order valence-electron chi connectivity index (χ3n) is 4.05. The maximum Gasteiger partial charge on any atom is 0.191 e. The van der Waals surface area contributed by atoms with Gasteiger partial charge in [0.25, 0.3) is 0 Å². The second-order valence-corrected chi connectivity index (χ2v) is 6.23. The monoisotopic (exact) mass is 493 g/mol. The molecule has 0 fully saturated rings. The number of halogens is 2. The number of benzene rings is 2. The molecule has 0 bridgehead atoms. The SMILES string of the molecule is CCNC(=NCc1cccc(Cn2ccnc2)c1)NCc1ccc(F)cc1.I. The average molecular weight is 493 g/mol.